The lowest BCUT2D eigenvalue weighted by Gasteiger charge is -2.15. The van der Waals surface area contributed by atoms with Gasteiger partial charge in [0.25, 0.3) is 5.91 Å². The summed E-state index contributed by atoms with van der Waals surface area (Å²) in [7, 11) is 0. The zero-order valence-corrected chi connectivity index (χ0v) is 15.9. The van der Waals surface area contributed by atoms with E-state index in [4.69, 9.17) is 4.74 Å². The van der Waals surface area contributed by atoms with Gasteiger partial charge in [0.2, 0.25) is 5.88 Å². The van der Waals surface area contributed by atoms with Crippen molar-refractivity contribution in [2.24, 2.45) is 0 Å². The molecule has 6 heteroatoms. The van der Waals surface area contributed by atoms with E-state index in [0.29, 0.717) is 12.5 Å². The summed E-state index contributed by atoms with van der Waals surface area (Å²) >= 11 is 1.77. The molecule has 3 heterocycles. The first kappa shape index (κ1) is 16.7. The topological polar surface area (TPSA) is 55.3 Å². The van der Waals surface area contributed by atoms with Gasteiger partial charge in [-0.2, -0.15) is 0 Å². The van der Waals surface area contributed by atoms with Crippen LogP contribution in [0.2, 0.25) is 0 Å². The number of carbonyl (C=O) groups excluding carboxylic acids is 1. The van der Waals surface area contributed by atoms with Crippen molar-refractivity contribution in [1.29, 1.82) is 0 Å². The lowest BCUT2D eigenvalue weighted by Crippen LogP contribution is -2.27. The van der Waals surface area contributed by atoms with E-state index in [2.05, 4.69) is 9.97 Å². The molecule has 2 aliphatic rings. The molecule has 1 aliphatic heterocycles. The number of fused-ring (bicyclic) bond motifs is 3. The van der Waals surface area contributed by atoms with Gasteiger partial charge in [-0.15, -0.1) is 11.3 Å². The number of hydrogen-bond donors (Lipinski definition) is 0. The van der Waals surface area contributed by atoms with Crippen molar-refractivity contribution in [3.05, 3.63) is 52.2 Å². The fourth-order valence-electron chi connectivity index (χ4n) is 4.01. The van der Waals surface area contributed by atoms with E-state index in [0.717, 1.165) is 60.1 Å². The molecule has 138 valence electrons. The van der Waals surface area contributed by atoms with Crippen LogP contribution in [0.25, 0.3) is 10.2 Å². The van der Waals surface area contributed by atoms with Gasteiger partial charge in [-0.3, -0.25) is 4.79 Å². The lowest BCUT2D eigenvalue weighted by atomic mass is 10.1. The minimum absolute atomic E-state index is 0.131. The van der Waals surface area contributed by atoms with E-state index in [1.807, 2.05) is 29.2 Å². The molecule has 0 bridgehead atoms. The maximum atomic E-state index is 12.4. The van der Waals surface area contributed by atoms with Gasteiger partial charge in [-0.1, -0.05) is 12.1 Å². The molecule has 0 spiro atoms. The molecular weight excluding hydrogens is 358 g/mol. The van der Waals surface area contributed by atoms with Crippen LogP contribution in [0.3, 0.4) is 0 Å². The third-order valence-electron chi connectivity index (χ3n) is 5.44. The highest BCUT2D eigenvalue weighted by molar-refractivity contribution is 7.18. The fraction of sp³-hybridized carbons (Fsp3) is 0.381. The summed E-state index contributed by atoms with van der Waals surface area (Å²) in [4.78, 5) is 25.6. The maximum Gasteiger partial charge on any atom is 0.253 e. The van der Waals surface area contributed by atoms with E-state index >= 15 is 0 Å². The van der Waals surface area contributed by atoms with E-state index in [1.54, 1.807) is 17.7 Å². The second-order valence-corrected chi connectivity index (χ2v) is 8.28. The Hall–Kier alpha value is -2.47. The Morgan fingerprint density at radius 1 is 1.07 bits per heavy atom. The highest BCUT2D eigenvalue weighted by Crippen LogP contribution is 2.39. The number of aromatic nitrogens is 2. The van der Waals surface area contributed by atoms with Gasteiger partial charge >= 0.3 is 0 Å². The van der Waals surface area contributed by atoms with Crippen molar-refractivity contribution in [2.45, 2.75) is 38.7 Å². The van der Waals surface area contributed by atoms with Crippen LogP contribution in [0, 0.1) is 0 Å². The van der Waals surface area contributed by atoms with Gasteiger partial charge in [0.15, 0.2) is 0 Å². The SMILES string of the molecule is O=C(c1ccc(COc2ncnc3sc4c(c23)CCC4)cc1)N1CCCC1. The predicted octanol–water partition coefficient (Wildman–Crippen LogP) is 4.00. The number of ether oxygens (including phenoxy) is 1. The molecule has 0 radical (unpaired) electrons. The summed E-state index contributed by atoms with van der Waals surface area (Å²) in [5, 5.41) is 1.09. The lowest BCUT2D eigenvalue weighted by molar-refractivity contribution is 0.0793. The van der Waals surface area contributed by atoms with Crippen molar-refractivity contribution in [3.8, 4) is 5.88 Å². The average molecular weight is 379 g/mol. The number of rotatable bonds is 4. The summed E-state index contributed by atoms with van der Waals surface area (Å²) in [6, 6.07) is 7.74. The van der Waals surface area contributed by atoms with Crippen LogP contribution in [-0.4, -0.2) is 33.9 Å². The molecule has 27 heavy (non-hydrogen) atoms. The molecule has 5 rings (SSSR count). The first-order valence-corrected chi connectivity index (χ1v) is 10.4. The molecule has 2 aromatic heterocycles. The van der Waals surface area contributed by atoms with Gasteiger partial charge < -0.3 is 9.64 Å². The Morgan fingerprint density at radius 3 is 2.70 bits per heavy atom. The molecule has 1 aromatic carbocycles. The smallest absolute Gasteiger partial charge is 0.253 e. The Bertz CT molecular complexity index is 991. The summed E-state index contributed by atoms with van der Waals surface area (Å²) in [5.41, 5.74) is 3.16. The molecule has 1 saturated heterocycles. The molecule has 1 aliphatic carbocycles. The van der Waals surface area contributed by atoms with Gasteiger partial charge in [-0.25, -0.2) is 9.97 Å². The average Bonchev–Trinajstić information content (AvgIpc) is 3.43. The van der Waals surface area contributed by atoms with Gasteiger partial charge in [-0.05, 0) is 55.4 Å². The molecule has 5 nitrogen and oxygen atoms in total. The Kier molecular flexibility index (Phi) is 4.28. The van der Waals surface area contributed by atoms with Crippen molar-refractivity contribution in [2.75, 3.05) is 13.1 Å². The van der Waals surface area contributed by atoms with Crippen molar-refractivity contribution in [1.82, 2.24) is 14.9 Å². The van der Waals surface area contributed by atoms with E-state index in [9.17, 15) is 4.79 Å². The molecule has 1 amide bonds. The largest absolute Gasteiger partial charge is 0.472 e. The monoisotopic (exact) mass is 379 g/mol. The zero-order valence-electron chi connectivity index (χ0n) is 15.1. The van der Waals surface area contributed by atoms with Crippen LogP contribution in [0.15, 0.2) is 30.6 Å². The first-order chi connectivity index (χ1) is 13.3. The highest BCUT2D eigenvalue weighted by atomic mass is 32.1. The fourth-order valence-corrected chi connectivity index (χ4v) is 5.23. The van der Waals surface area contributed by atoms with Crippen LogP contribution in [0.5, 0.6) is 5.88 Å². The summed E-state index contributed by atoms with van der Waals surface area (Å²) < 4.78 is 6.05. The Balaban J connectivity index is 1.32. The Labute approximate surface area is 162 Å². The summed E-state index contributed by atoms with van der Waals surface area (Å²) in [6.45, 7) is 2.19. The maximum absolute atomic E-state index is 12.4. The van der Waals surface area contributed by atoms with E-state index < -0.39 is 0 Å². The quantitative estimate of drug-likeness (QED) is 0.688. The number of hydrogen-bond acceptors (Lipinski definition) is 5. The van der Waals surface area contributed by atoms with Crippen LogP contribution in [-0.2, 0) is 19.4 Å². The number of nitrogens with zero attached hydrogens (tertiary/aromatic N) is 3. The van der Waals surface area contributed by atoms with Gasteiger partial charge in [0.1, 0.15) is 17.8 Å². The normalized spacial score (nSPS) is 16.1. The molecule has 1 fully saturated rings. The third-order valence-corrected chi connectivity index (χ3v) is 6.64. The van der Waals surface area contributed by atoms with Crippen LogP contribution in [0.4, 0.5) is 0 Å². The highest BCUT2D eigenvalue weighted by Gasteiger charge is 2.22. The second-order valence-electron chi connectivity index (χ2n) is 7.20. The minimum atomic E-state index is 0.131. The molecule has 0 unspecified atom stereocenters. The molecular formula is C21H21N3O2S. The van der Waals surface area contributed by atoms with Crippen LogP contribution in [0.1, 0.15) is 45.6 Å². The predicted molar refractivity (Wildman–Crippen MR) is 105 cm³/mol. The van der Waals surface area contributed by atoms with Crippen molar-refractivity contribution in [3.63, 3.8) is 0 Å². The zero-order chi connectivity index (χ0) is 18.2. The minimum Gasteiger partial charge on any atom is -0.472 e. The number of likely N-dealkylation sites (tertiary alicyclic amines) is 1. The standard InChI is InChI=1S/C21H21N3O2S/c25-21(24-10-1-2-11-24)15-8-6-14(7-9-15)12-26-19-18-16-4-3-5-17(16)27-20(18)23-13-22-19/h6-9,13H,1-5,10-12H2. The van der Waals surface area contributed by atoms with E-state index in [-0.39, 0.29) is 5.91 Å². The molecule has 0 saturated carbocycles. The summed E-state index contributed by atoms with van der Waals surface area (Å²) in [6.07, 6.45) is 7.24. The van der Waals surface area contributed by atoms with Crippen molar-refractivity contribution < 1.29 is 9.53 Å². The first-order valence-electron chi connectivity index (χ1n) is 9.56. The Morgan fingerprint density at radius 2 is 1.89 bits per heavy atom. The van der Waals surface area contributed by atoms with Crippen LogP contribution >= 0.6 is 11.3 Å². The van der Waals surface area contributed by atoms with Gasteiger partial charge in [0.05, 0.1) is 5.39 Å². The molecule has 3 aromatic rings. The van der Waals surface area contributed by atoms with Crippen LogP contribution < -0.4 is 4.74 Å². The molecule has 0 N–H and O–H groups in total. The summed E-state index contributed by atoms with van der Waals surface area (Å²) in [5.74, 6) is 0.808. The molecule has 0 atom stereocenters. The second kappa shape index (κ2) is 6.93. The van der Waals surface area contributed by atoms with Gasteiger partial charge in [0, 0.05) is 23.5 Å². The number of benzene rings is 1. The third kappa shape index (κ3) is 3.08. The number of carbonyl (C=O) groups is 1. The van der Waals surface area contributed by atoms with E-state index in [1.165, 1.54) is 16.9 Å². The van der Waals surface area contributed by atoms with Crippen molar-refractivity contribution >= 4 is 27.5 Å². The number of aryl methyl sites for hydroxylation is 2. The number of thiophene rings is 1. The number of amides is 1.